The Morgan fingerprint density at radius 3 is 2.36 bits per heavy atom. The van der Waals surface area contributed by atoms with Crippen molar-refractivity contribution in [3.05, 3.63) is 58.9 Å². The number of carbonyl (C=O) groups is 1. The summed E-state index contributed by atoms with van der Waals surface area (Å²) in [7, 11) is 0. The second kappa shape index (κ2) is 5.84. The molecule has 3 nitrogen and oxygen atoms in total. The number of hydrogen-bond donors (Lipinski definition) is 0. The Labute approximate surface area is 131 Å². The highest BCUT2D eigenvalue weighted by atomic mass is 16.2. The van der Waals surface area contributed by atoms with Gasteiger partial charge in [-0.3, -0.25) is 4.79 Å². The Hall–Kier alpha value is -2.29. The molecular weight excluding hydrogens is 272 g/mol. The highest BCUT2D eigenvalue weighted by Gasteiger charge is 2.17. The minimum atomic E-state index is 0.117. The maximum absolute atomic E-state index is 11.9. The van der Waals surface area contributed by atoms with Gasteiger partial charge in [-0.25, -0.2) is 0 Å². The molecular formula is C19H22N2O. The maximum atomic E-state index is 11.9. The fourth-order valence-electron chi connectivity index (χ4n) is 2.85. The topological polar surface area (TPSA) is 25.2 Å². The Morgan fingerprint density at radius 1 is 1.09 bits per heavy atom. The van der Waals surface area contributed by atoms with E-state index >= 15 is 0 Å². The summed E-state index contributed by atoms with van der Waals surface area (Å²) in [5.74, 6) is 0.117. The number of amides is 1. The third-order valence-electron chi connectivity index (χ3n) is 4.34. The minimum absolute atomic E-state index is 0.117. The van der Waals surface area contributed by atoms with Crippen molar-refractivity contribution in [2.24, 2.45) is 0 Å². The van der Waals surface area contributed by atoms with Gasteiger partial charge in [0.25, 0.3) is 0 Å². The van der Waals surface area contributed by atoms with E-state index < -0.39 is 0 Å². The van der Waals surface area contributed by atoms with Crippen LogP contribution in [0, 0.1) is 20.8 Å². The van der Waals surface area contributed by atoms with Gasteiger partial charge in [0.1, 0.15) is 0 Å². The number of hydrogen-bond acceptors (Lipinski definition) is 1. The molecule has 0 spiro atoms. The summed E-state index contributed by atoms with van der Waals surface area (Å²) in [4.78, 5) is 13.8. The molecule has 3 rings (SSSR count). The van der Waals surface area contributed by atoms with Gasteiger partial charge >= 0.3 is 0 Å². The summed E-state index contributed by atoms with van der Waals surface area (Å²) < 4.78 is 2.23. The number of aromatic nitrogens is 1. The summed E-state index contributed by atoms with van der Waals surface area (Å²) in [6, 6.07) is 10.6. The SMILES string of the molecule is Cc1ccc(-n2c(C)cc(C=CC(=O)N3CCC3)c2C)cc1. The van der Waals surface area contributed by atoms with Gasteiger partial charge in [0, 0.05) is 36.2 Å². The number of rotatable bonds is 3. The van der Waals surface area contributed by atoms with E-state index in [-0.39, 0.29) is 5.91 Å². The lowest BCUT2D eigenvalue weighted by molar-refractivity contribution is -0.129. The zero-order valence-electron chi connectivity index (χ0n) is 13.5. The number of carbonyl (C=O) groups excluding carboxylic acids is 1. The van der Waals surface area contributed by atoms with Crippen LogP contribution in [0.1, 0.15) is 28.9 Å². The van der Waals surface area contributed by atoms with Crippen LogP contribution < -0.4 is 0 Å². The monoisotopic (exact) mass is 294 g/mol. The van der Waals surface area contributed by atoms with E-state index in [0.717, 1.165) is 36.5 Å². The smallest absolute Gasteiger partial charge is 0.246 e. The maximum Gasteiger partial charge on any atom is 0.246 e. The number of likely N-dealkylation sites (tertiary alicyclic amines) is 1. The van der Waals surface area contributed by atoms with Crippen LogP contribution in [0.15, 0.2) is 36.4 Å². The zero-order chi connectivity index (χ0) is 15.7. The first kappa shape index (κ1) is 14.6. The van der Waals surface area contributed by atoms with E-state index in [1.807, 2.05) is 11.0 Å². The van der Waals surface area contributed by atoms with E-state index in [0.29, 0.717) is 0 Å². The van der Waals surface area contributed by atoms with Crippen LogP contribution in [0.4, 0.5) is 0 Å². The summed E-state index contributed by atoms with van der Waals surface area (Å²) in [6.45, 7) is 8.08. The molecule has 0 radical (unpaired) electrons. The first-order valence-electron chi connectivity index (χ1n) is 7.79. The molecule has 0 N–H and O–H groups in total. The molecule has 0 aliphatic carbocycles. The molecule has 0 saturated carbocycles. The van der Waals surface area contributed by atoms with Crippen molar-refractivity contribution in [3.63, 3.8) is 0 Å². The molecule has 0 unspecified atom stereocenters. The second-order valence-electron chi connectivity index (χ2n) is 6.01. The van der Waals surface area contributed by atoms with Crippen molar-refractivity contribution in [2.75, 3.05) is 13.1 Å². The van der Waals surface area contributed by atoms with Crippen molar-refractivity contribution >= 4 is 12.0 Å². The third kappa shape index (κ3) is 2.71. The van der Waals surface area contributed by atoms with Crippen LogP contribution in [0.3, 0.4) is 0 Å². The normalized spacial score (nSPS) is 14.4. The lowest BCUT2D eigenvalue weighted by Gasteiger charge is -2.29. The lowest BCUT2D eigenvalue weighted by Crippen LogP contribution is -2.40. The number of nitrogens with zero attached hydrogens (tertiary/aromatic N) is 2. The van der Waals surface area contributed by atoms with Crippen LogP contribution in [0.25, 0.3) is 11.8 Å². The van der Waals surface area contributed by atoms with Crippen molar-refractivity contribution in [2.45, 2.75) is 27.2 Å². The summed E-state index contributed by atoms with van der Waals surface area (Å²) >= 11 is 0. The third-order valence-corrected chi connectivity index (χ3v) is 4.34. The van der Waals surface area contributed by atoms with Crippen LogP contribution in [-0.4, -0.2) is 28.5 Å². The predicted octanol–water partition coefficient (Wildman–Crippen LogP) is 3.65. The van der Waals surface area contributed by atoms with Gasteiger partial charge < -0.3 is 9.47 Å². The fourth-order valence-corrected chi connectivity index (χ4v) is 2.85. The average Bonchev–Trinajstić information content (AvgIpc) is 2.71. The van der Waals surface area contributed by atoms with Crippen LogP contribution in [0.2, 0.25) is 0 Å². The lowest BCUT2D eigenvalue weighted by atomic mass is 10.2. The molecule has 1 fully saturated rings. The first-order valence-corrected chi connectivity index (χ1v) is 7.79. The van der Waals surface area contributed by atoms with Crippen LogP contribution in [0.5, 0.6) is 0 Å². The van der Waals surface area contributed by atoms with E-state index in [4.69, 9.17) is 0 Å². The van der Waals surface area contributed by atoms with Gasteiger partial charge in [0.05, 0.1) is 0 Å². The predicted molar refractivity (Wildman–Crippen MR) is 90.2 cm³/mol. The number of aryl methyl sites for hydroxylation is 2. The molecule has 0 bridgehead atoms. The van der Waals surface area contributed by atoms with E-state index in [1.165, 1.54) is 11.3 Å². The quantitative estimate of drug-likeness (QED) is 0.793. The van der Waals surface area contributed by atoms with Gasteiger partial charge in [-0.1, -0.05) is 17.7 Å². The first-order chi connectivity index (χ1) is 10.6. The van der Waals surface area contributed by atoms with E-state index in [9.17, 15) is 4.79 Å². The highest BCUT2D eigenvalue weighted by Crippen LogP contribution is 2.22. The van der Waals surface area contributed by atoms with Crippen LogP contribution >= 0.6 is 0 Å². The van der Waals surface area contributed by atoms with Crippen molar-refractivity contribution in [1.29, 1.82) is 0 Å². The molecule has 114 valence electrons. The van der Waals surface area contributed by atoms with Crippen molar-refractivity contribution in [1.82, 2.24) is 9.47 Å². The van der Waals surface area contributed by atoms with Crippen LogP contribution in [-0.2, 0) is 4.79 Å². The van der Waals surface area contributed by atoms with Gasteiger partial charge in [0.15, 0.2) is 0 Å². The minimum Gasteiger partial charge on any atom is -0.339 e. The Bertz CT molecular complexity index is 719. The second-order valence-corrected chi connectivity index (χ2v) is 6.01. The molecule has 1 aromatic heterocycles. The number of benzene rings is 1. The molecule has 1 amide bonds. The van der Waals surface area contributed by atoms with E-state index in [1.54, 1.807) is 6.08 Å². The van der Waals surface area contributed by atoms with Crippen molar-refractivity contribution in [3.8, 4) is 5.69 Å². The molecule has 2 aromatic rings. The van der Waals surface area contributed by atoms with Gasteiger partial charge in [0.2, 0.25) is 5.91 Å². The highest BCUT2D eigenvalue weighted by molar-refractivity contribution is 5.92. The fraction of sp³-hybridized carbons (Fsp3) is 0.316. The van der Waals surface area contributed by atoms with Gasteiger partial charge in [-0.15, -0.1) is 0 Å². The molecule has 1 aliphatic heterocycles. The van der Waals surface area contributed by atoms with Crippen molar-refractivity contribution < 1.29 is 4.79 Å². The Morgan fingerprint density at radius 2 is 1.77 bits per heavy atom. The Balaban J connectivity index is 1.88. The Kier molecular flexibility index (Phi) is 3.88. The summed E-state index contributed by atoms with van der Waals surface area (Å²) in [5.41, 5.74) is 5.86. The molecule has 1 aliphatic rings. The zero-order valence-corrected chi connectivity index (χ0v) is 13.5. The molecule has 2 heterocycles. The molecule has 1 saturated heterocycles. The largest absolute Gasteiger partial charge is 0.339 e. The molecule has 1 aromatic carbocycles. The standard InChI is InChI=1S/C19H22N2O/c1-14-5-8-18(9-6-14)21-15(2)13-17(16(21)3)7-10-19(22)20-11-4-12-20/h5-10,13H,4,11-12H2,1-3H3. The average molecular weight is 294 g/mol. The molecule has 0 atom stereocenters. The van der Waals surface area contributed by atoms with E-state index in [2.05, 4.69) is 55.7 Å². The van der Waals surface area contributed by atoms with Gasteiger partial charge in [-0.2, -0.15) is 0 Å². The summed E-state index contributed by atoms with van der Waals surface area (Å²) in [5, 5.41) is 0. The summed E-state index contributed by atoms with van der Waals surface area (Å²) in [6.07, 6.45) is 4.76. The molecule has 22 heavy (non-hydrogen) atoms. The van der Waals surface area contributed by atoms with Gasteiger partial charge in [-0.05, 0) is 57.0 Å². The molecule has 3 heteroatoms.